The molecule has 2 aliphatic rings. The Bertz CT molecular complexity index is 568. The maximum absolute atomic E-state index is 12.6. The van der Waals surface area contributed by atoms with Crippen LogP contribution in [0.4, 0.5) is 0 Å². The zero-order valence-electron chi connectivity index (χ0n) is 13.6. The molecule has 7 heteroatoms. The minimum Gasteiger partial charge on any atom is -0.354 e. The van der Waals surface area contributed by atoms with Crippen LogP contribution in [-0.2, 0) is 4.79 Å². The SMILES string of the molecule is Cc1nnsc1C(=O)N1CCC[C@H]1C(=O)NCC1CCCCC1. The molecule has 2 heterocycles. The number of amides is 2. The number of aryl methyl sites for hydroxylation is 1. The highest BCUT2D eigenvalue weighted by molar-refractivity contribution is 7.07. The van der Waals surface area contributed by atoms with E-state index in [1.165, 1.54) is 32.1 Å². The van der Waals surface area contributed by atoms with Gasteiger partial charge < -0.3 is 10.2 Å². The highest BCUT2D eigenvalue weighted by atomic mass is 32.1. The summed E-state index contributed by atoms with van der Waals surface area (Å²) < 4.78 is 3.83. The summed E-state index contributed by atoms with van der Waals surface area (Å²) in [5.74, 6) is 0.496. The number of carbonyl (C=O) groups is 2. The fraction of sp³-hybridized carbons (Fsp3) is 0.750. The molecular formula is C16H24N4O2S. The van der Waals surface area contributed by atoms with Gasteiger partial charge in [-0.3, -0.25) is 9.59 Å². The summed E-state index contributed by atoms with van der Waals surface area (Å²) in [5, 5.41) is 6.98. The summed E-state index contributed by atoms with van der Waals surface area (Å²) in [4.78, 5) is 27.4. The first kappa shape index (κ1) is 16.4. The van der Waals surface area contributed by atoms with Gasteiger partial charge in [0.1, 0.15) is 10.9 Å². The second kappa shape index (κ2) is 7.38. The third kappa shape index (κ3) is 3.71. The normalized spacial score (nSPS) is 22.3. The Morgan fingerprint density at radius 3 is 2.70 bits per heavy atom. The molecular weight excluding hydrogens is 312 g/mol. The van der Waals surface area contributed by atoms with Gasteiger partial charge in [0.25, 0.3) is 5.91 Å². The molecule has 0 unspecified atom stereocenters. The van der Waals surface area contributed by atoms with E-state index in [9.17, 15) is 9.59 Å². The fourth-order valence-corrected chi connectivity index (χ4v) is 4.21. The quantitative estimate of drug-likeness (QED) is 0.914. The van der Waals surface area contributed by atoms with Crippen molar-refractivity contribution in [1.29, 1.82) is 0 Å². The molecule has 1 saturated heterocycles. The van der Waals surface area contributed by atoms with Crippen LogP contribution < -0.4 is 5.32 Å². The van der Waals surface area contributed by atoms with Crippen molar-refractivity contribution >= 4 is 23.3 Å². The minimum absolute atomic E-state index is 0.00319. The van der Waals surface area contributed by atoms with Crippen molar-refractivity contribution in [1.82, 2.24) is 19.8 Å². The molecule has 1 aromatic rings. The molecule has 0 spiro atoms. The van der Waals surface area contributed by atoms with Gasteiger partial charge in [0, 0.05) is 13.1 Å². The van der Waals surface area contributed by atoms with Crippen molar-refractivity contribution in [2.75, 3.05) is 13.1 Å². The van der Waals surface area contributed by atoms with Crippen LogP contribution in [0.25, 0.3) is 0 Å². The van der Waals surface area contributed by atoms with Crippen LogP contribution in [0.3, 0.4) is 0 Å². The van der Waals surface area contributed by atoms with Gasteiger partial charge in [-0.05, 0) is 50.1 Å². The van der Waals surface area contributed by atoms with Gasteiger partial charge in [0.15, 0.2) is 0 Å². The van der Waals surface area contributed by atoms with Crippen molar-refractivity contribution in [3.8, 4) is 0 Å². The number of likely N-dealkylation sites (tertiary alicyclic amines) is 1. The number of hydrogen-bond acceptors (Lipinski definition) is 5. The first-order valence-electron chi connectivity index (χ1n) is 8.54. The van der Waals surface area contributed by atoms with E-state index < -0.39 is 0 Å². The summed E-state index contributed by atoms with van der Waals surface area (Å²) in [6.45, 7) is 3.17. The van der Waals surface area contributed by atoms with Crippen molar-refractivity contribution in [2.45, 2.75) is 57.9 Å². The smallest absolute Gasteiger partial charge is 0.268 e. The van der Waals surface area contributed by atoms with E-state index in [0.717, 1.165) is 30.9 Å². The third-order valence-corrected chi connectivity index (χ3v) is 5.77. The monoisotopic (exact) mass is 336 g/mol. The van der Waals surface area contributed by atoms with E-state index >= 15 is 0 Å². The molecule has 1 aliphatic heterocycles. The first-order chi connectivity index (χ1) is 11.2. The minimum atomic E-state index is -0.340. The van der Waals surface area contributed by atoms with Gasteiger partial charge in [-0.1, -0.05) is 23.8 Å². The zero-order valence-corrected chi connectivity index (χ0v) is 14.4. The number of rotatable bonds is 4. The molecule has 0 bridgehead atoms. The number of carbonyl (C=O) groups excluding carboxylic acids is 2. The van der Waals surface area contributed by atoms with E-state index in [1.807, 2.05) is 0 Å². The van der Waals surface area contributed by atoms with E-state index in [-0.39, 0.29) is 17.9 Å². The Balaban J connectivity index is 1.58. The van der Waals surface area contributed by atoms with Crippen LogP contribution in [-0.4, -0.2) is 45.4 Å². The molecule has 6 nitrogen and oxygen atoms in total. The molecule has 2 fully saturated rings. The summed E-state index contributed by atoms with van der Waals surface area (Å²) in [5.41, 5.74) is 0.647. The predicted molar refractivity (Wildman–Crippen MR) is 88.3 cm³/mol. The highest BCUT2D eigenvalue weighted by Gasteiger charge is 2.36. The van der Waals surface area contributed by atoms with E-state index in [2.05, 4.69) is 14.9 Å². The molecule has 0 aromatic carbocycles. The fourth-order valence-electron chi connectivity index (χ4n) is 3.59. The van der Waals surface area contributed by atoms with Gasteiger partial charge in [0.05, 0.1) is 5.69 Å². The van der Waals surface area contributed by atoms with Gasteiger partial charge in [0.2, 0.25) is 5.91 Å². The number of nitrogens with zero attached hydrogens (tertiary/aromatic N) is 3. The largest absolute Gasteiger partial charge is 0.354 e. The highest BCUT2D eigenvalue weighted by Crippen LogP contribution is 2.24. The topological polar surface area (TPSA) is 75.2 Å². The lowest BCUT2D eigenvalue weighted by Gasteiger charge is -2.26. The van der Waals surface area contributed by atoms with E-state index in [4.69, 9.17) is 0 Å². The number of hydrogen-bond donors (Lipinski definition) is 1. The average Bonchev–Trinajstić information content (AvgIpc) is 3.22. The average molecular weight is 336 g/mol. The molecule has 0 radical (unpaired) electrons. The van der Waals surface area contributed by atoms with Crippen molar-refractivity contribution < 1.29 is 9.59 Å². The molecule has 1 atom stereocenters. The van der Waals surface area contributed by atoms with Crippen LogP contribution in [0.1, 0.15) is 60.3 Å². The van der Waals surface area contributed by atoms with Crippen LogP contribution in [0, 0.1) is 12.8 Å². The molecule has 1 saturated carbocycles. The summed E-state index contributed by atoms with van der Waals surface area (Å²) in [7, 11) is 0. The standard InChI is InChI=1S/C16H24N4O2S/c1-11-14(23-19-18-11)16(22)20-9-5-8-13(20)15(21)17-10-12-6-3-2-4-7-12/h12-13H,2-10H2,1H3,(H,17,21)/t13-/m0/s1. The van der Waals surface area contributed by atoms with Gasteiger partial charge >= 0.3 is 0 Å². The Morgan fingerprint density at radius 1 is 1.22 bits per heavy atom. The molecule has 3 rings (SSSR count). The Morgan fingerprint density at radius 2 is 2.00 bits per heavy atom. The lowest BCUT2D eigenvalue weighted by molar-refractivity contribution is -0.125. The van der Waals surface area contributed by atoms with Crippen molar-refractivity contribution in [3.05, 3.63) is 10.6 Å². The molecule has 1 aromatic heterocycles. The maximum atomic E-state index is 12.6. The van der Waals surface area contributed by atoms with Crippen molar-refractivity contribution in [2.24, 2.45) is 5.92 Å². The van der Waals surface area contributed by atoms with Crippen LogP contribution in [0.15, 0.2) is 0 Å². The summed E-state index contributed by atoms with van der Waals surface area (Å²) >= 11 is 1.11. The first-order valence-corrected chi connectivity index (χ1v) is 9.32. The maximum Gasteiger partial charge on any atom is 0.268 e. The number of nitrogens with one attached hydrogen (secondary N) is 1. The lowest BCUT2D eigenvalue weighted by atomic mass is 9.89. The zero-order chi connectivity index (χ0) is 16.2. The molecule has 1 N–H and O–H groups in total. The van der Waals surface area contributed by atoms with Crippen LogP contribution in [0.5, 0.6) is 0 Å². The second-order valence-electron chi connectivity index (χ2n) is 6.59. The molecule has 126 valence electrons. The third-order valence-electron chi connectivity index (χ3n) is 4.95. The predicted octanol–water partition coefficient (Wildman–Crippen LogP) is 2.15. The van der Waals surface area contributed by atoms with Crippen LogP contribution in [0.2, 0.25) is 0 Å². The van der Waals surface area contributed by atoms with E-state index in [1.54, 1.807) is 11.8 Å². The Hall–Kier alpha value is -1.50. The van der Waals surface area contributed by atoms with E-state index in [0.29, 0.717) is 23.0 Å². The van der Waals surface area contributed by atoms with Crippen LogP contribution >= 0.6 is 11.5 Å². The van der Waals surface area contributed by atoms with Crippen molar-refractivity contribution in [3.63, 3.8) is 0 Å². The summed E-state index contributed by atoms with van der Waals surface area (Å²) in [6.07, 6.45) is 7.89. The van der Waals surface area contributed by atoms with Gasteiger partial charge in [-0.2, -0.15) is 0 Å². The van der Waals surface area contributed by atoms with Gasteiger partial charge in [-0.25, -0.2) is 0 Å². The Kier molecular flexibility index (Phi) is 5.25. The lowest BCUT2D eigenvalue weighted by Crippen LogP contribution is -2.47. The Labute approximate surface area is 140 Å². The molecule has 23 heavy (non-hydrogen) atoms. The summed E-state index contributed by atoms with van der Waals surface area (Å²) in [6, 6.07) is -0.340. The number of aromatic nitrogens is 2. The molecule has 1 aliphatic carbocycles. The molecule has 2 amide bonds. The second-order valence-corrected chi connectivity index (χ2v) is 7.35. The van der Waals surface area contributed by atoms with Gasteiger partial charge in [-0.15, -0.1) is 5.10 Å².